The van der Waals surface area contributed by atoms with Crippen LogP contribution in [0, 0.1) is 0 Å². The highest BCUT2D eigenvalue weighted by molar-refractivity contribution is 6.36. The number of rotatable bonds is 2. The van der Waals surface area contributed by atoms with Gasteiger partial charge in [-0.05, 0) is 18.6 Å². The normalized spacial score (nSPS) is 23.7. The molecule has 1 unspecified atom stereocenters. The largest absolute Gasteiger partial charge is 0.484 e. The van der Waals surface area contributed by atoms with E-state index in [1.807, 2.05) is 30.5 Å². The van der Waals surface area contributed by atoms with Crippen molar-refractivity contribution in [1.82, 2.24) is 4.98 Å². The highest BCUT2D eigenvalue weighted by Crippen LogP contribution is 2.47. The van der Waals surface area contributed by atoms with E-state index in [1.165, 1.54) is 0 Å². The number of nitrogens with one attached hydrogen (secondary N) is 1. The summed E-state index contributed by atoms with van der Waals surface area (Å²) >= 11 is 0. The number of morpholine rings is 1. The SMILES string of the molecule is CCC1OC(=C2C(=O)Nc3ccccc32)c2cnc(N3CCOCC3)cc21. The molecule has 0 aliphatic carbocycles. The number of benzene rings is 1. The van der Waals surface area contributed by atoms with Crippen molar-refractivity contribution in [3.05, 3.63) is 53.2 Å². The second-order valence-corrected chi connectivity index (χ2v) is 6.95. The molecule has 1 N–H and O–H groups in total. The molecule has 5 rings (SSSR count). The Hall–Kier alpha value is -2.86. The van der Waals surface area contributed by atoms with Crippen LogP contribution < -0.4 is 10.2 Å². The van der Waals surface area contributed by atoms with E-state index in [0.717, 1.165) is 60.9 Å². The smallest absolute Gasteiger partial charge is 0.260 e. The van der Waals surface area contributed by atoms with Crippen molar-refractivity contribution >= 4 is 28.7 Å². The number of fused-ring (bicyclic) bond motifs is 2. The molecule has 0 radical (unpaired) electrons. The molecule has 0 bridgehead atoms. The average Bonchev–Trinajstić information content (AvgIpc) is 3.24. The molecule has 3 aliphatic rings. The maximum absolute atomic E-state index is 12.6. The number of ether oxygens (including phenoxy) is 2. The van der Waals surface area contributed by atoms with Crippen LogP contribution in [0.2, 0.25) is 0 Å². The summed E-state index contributed by atoms with van der Waals surface area (Å²) in [5.41, 5.74) is 4.34. The first-order valence-electron chi connectivity index (χ1n) is 9.41. The van der Waals surface area contributed by atoms with Crippen LogP contribution in [0.4, 0.5) is 11.5 Å². The molecule has 0 spiro atoms. The van der Waals surface area contributed by atoms with Gasteiger partial charge in [-0.25, -0.2) is 4.98 Å². The van der Waals surface area contributed by atoms with Gasteiger partial charge in [-0.3, -0.25) is 4.79 Å². The Morgan fingerprint density at radius 2 is 2.04 bits per heavy atom. The van der Waals surface area contributed by atoms with Crippen molar-refractivity contribution in [2.24, 2.45) is 0 Å². The lowest BCUT2D eigenvalue weighted by molar-refractivity contribution is -0.110. The van der Waals surface area contributed by atoms with Crippen molar-refractivity contribution in [2.45, 2.75) is 19.4 Å². The summed E-state index contributed by atoms with van der Waals surface area (Å²) in [6.07, 6.45) is 2.62. The molecule has 27 heavy (non-hydrogen) atoms. The third-order valence-electron chi connectivity index (χ3n) is 5.38. The average molecular weight is 363 g/mol. The fraction of sp³-hybridized carbons (Fsp3) is 0.333. The van der Waals surface area contributed by atoms with E-state index < -0.39 is 0 Å². The second kappa shape index (κ2) is 6.39. The summed E-state index contributed by atoms with van der Waals surface area (Å²) in [4.78, 5) is 19.6. The van der Waals surface area contributed by atoms with Gasteiger partial charge in [0.1, 0.15) is 17.7 Å². The summed E-state index contributed by atoms with van der Waals surface area (Å²) in [6.45, 7) is 5.22. The van der Waals surface area contributed by atoms with Crippen molar-refractivity contribution in [1.29, 1.82) is 0 Å². The number of para-hydroxylation sites is 1. The van der Waals surface area contributed by atoms with Crippen molar-refractivity contribution < 1.29 is 14.3 Å². The van der Waals surface area contributed by atoms with Gasteiger partial charge in [-0.15, -0.1) is 0 Å². The Morgan fingerprint density at radius 3 is 2.85 bits per heavy atom. The minimum absolute atomic E-state index is 0.0640. The zero-order chi connectivity index (χ0) is 18.4. The van der Waals surface area contributed by atoms with Crippen LogP contribution in [0.3, 0.4) is 0 Å². The van der Waals surface area contributed by atoms with Crippen molar-refractivity contribution in [2.75, 3.05) is 36.5 Å². The Balaban J connectivity index is 1.62. The predicted molar refractivity (Wildman–Crippen MR) is 103 cm³/mol. The van der Waals surface area contributed by atoms with Crippen LogP contribution in [-0.2, 0) is 14.3 Å². The minimum atomic E-state index is -0.119. The second-order valence-electron chi connectivity index (χ2n) is 6.95. The lowest BCUT2D eigenvalue weighted by Gasteiger charge is -2.28. The van der Waals surface area contributed by atoms with Crippen molar-refractivity contribution in [3.8, 4) is 0 Å². The number of pyridine rings is 1. The van der Waals surface area contributed by atoms with Gasteiger partial charge in [0.05, 0.1) is 18.8 Å². The quantitative estimate of drug-likeness (QED) is 0.830. The summed E-state index contributed by atoms with van der Waals surface area (Å²) < 4.78 is 11.7. The first-order chi connectivity index (χ1) is 13.3. The molecule has 1 aromatic carbocycles. The fourth-order valence-electron chi connectivity index (χ4n) is 3.99. The monoisotopic (exact) mass is 363 g/mol. The third kappa shape index (κ3) is 2.59. The fourth-order valence-corrected chi connectivity index (χ4v) is 3.99. The number of aromatic nitrogens is 1. The van der Waals surface area contributed by atoms with E-state index in [2.05, 4.69) is 28.2 Å². The summed E-state index contributed by atoms with van der Waals surface area (Å²) in [7, 11) is 0. The number of carbonyl (C=O) groups excluding carboxylic acids is 1. The number of amides is 1. The maximum atomic E-state index is 12.6. The summed E-state index contributed by atoms with van der Waals surface area (Å²) in [5.74, 6) is 1.47. The predicted octanol–water partition coefficient (Wildman–Crippen LogP) is 3.22. The van der Waals surface area contributed by atoms with Gasteiger partial charge in [-0.2, -0.15) is 0 Å². The summed E-state index contributed by atoms with van der Waals surface area (Å²) in [6, 6.07) is 9.83. The Labute approximate surface area is 157 Å². The zero-order valence-electron chi connectivity index (χ0n) is 15.2. The van der Waals surface area contributed by atoms with Gasteiger partial charge < -0.3 is 19.7 Å². The Bertz CT molecular complexity index is 947. The minimum Gasteiger partial charge on any atom is -0.484 e. The number of anilines is 2. The van der Waals surface area contributed by atoms with E-state index in [9.17, 15) is 4.79 Å². The Morgan fingerprint density at radius 1 is 1.22 bits per heavy atom. The summed E-state index contributed by atoms with van der Waals surface area (Å²) in [5, 5.41) is 2.93. The molecular formula is C21H21N3O3. The lowest BCUT2D eigenvalue weighted by Crippen LogP contribution is -2.36. The number of carbonyl (C=O) groups is 1. The van der Waals surface area contributed by atoms with E-state index in [1.54, 1.807) is 0 Å². The van der Waals surface area contributed by atoms with Crippen LogP contribution in [0.15, 0.2) is 36.5 Å². The van der Waals surface area contributed by atoms with Gasteiger partial charge >= 0.3 is 0 Å². The molecule has 1 saturated heterocycles. The topological polar surface area (TPSA) is 63.7 Å². The molecule has 1 fully saturated rings. The maximum Gasteiger partial charge on any atom is 0.260 e. The molecule has 0 saturated carbocycles. The van der Waals surface area contributed by atoms with Gasteiger partial charge in [0.2, 0.25) is 0 Å². The first kappa shape index (κ1) is 16.3. The molecule has 2 aromatic rings. The van der Waals surface area contributed by atoms with Crippen LogP contribution in [0.5, 0.6) is 0 Å². The van der Waals surface area contributed by atoms with E-state index in [4.69, 9.17) is 9.47 Å². The van der Waals surface area contributed by atoms with Crippen LogP contribution in [0.25, 0.3) is 11.3 Å². The van der Waals surface area contributed by atoms with Gasteiger partial charge in [0.25, 0.3) is 5.91 Å². The first-order valence-corrected chi connectivity index (χ1v) is 9.41. The molecule has 6 heteroatoms. The van der Waals surface area contributed by atoms with Crippen LogP contribution >= 0.6 is 0 Å². The molecule has 138 valence electrons. The number of hydrogen-bond acceptors (Lipinski definition) is 5. The van der Waals surface area contributed by atoms with E-state index in [-0.39, 0.29) is 12.0 Å². The van der Waals surface area contributed by atoms with Crippen LogP contribution in [0.1, 0.15) is 36.1 Å². The van der Waals surface area contributed by atoms with Gasteiger partial charge in [0.15, 0.2) is 0 Å². The van der Waals surface area contributed by atoms with Gasteiger partial charge in [0, 0.05) is 41.7 Å². The molecule has 4 heterocycles. The zero-order valence-corrected chi connectivity index (χ0v) is 15.2. The molecule has 1 amide bonds. The Kier molecular flexibility index (Phi) is 3.86. The number of hydrogen-bond donors (Lipinski definition) is 1. The highest BCUT2D eigenvalue weighted by Gasteiger charge is 2.36. The van der Waals surface area contributed by atoms with Crippen molar-refractivity contribution in [3.63, 3.8) is 0 Å². The van der Waals surface area contributed by atoms with Gasteiger partial charge in [-0.1, -0.05) is 25.1 Å². The van der Waals surface area contributed by atoms with E-state index in [0.29, 0.717) is 11.3 Å². The lowest BCUT2D eigenvalue weighted by atomic mass is 10.00. The number of nitrogens with zero attached hydrogens (tertiary/aromatic N) is 2. The van der Waals surface area contributed by atoms with E-state index >= 15 is 0 Å². The molecule has 3 aliphatic heterocycles. The molecular weight excluding hydrogens is 342 g/mol. The highest BCUT2D eigenvalue weighted by atomic mass is 16.5. The third-order valence-corrected chi connectivity index (χ3v) is 5.38. The standard InChI is InChI=1S/C21H21N3O3/c1-2-17-14-11-18(24-7-9-26-10-8-24)22-12-15(14)20(27-17)19-13-5-3-4-6-16(13)23-21(19)25/h3-6,11-12,17H,2,7-10H2,1H3,(H,23,25). The molecule has 1 aromatic heterocycles. The molecule has 1 atom stereocenters. The molecule has 6 nitrogen and oxygen atoms in total. The van der Waals surface area contributed by atoms with Crippen LogP contribution in [-0.4, -0.2) is 37.2 Å².